The molecule has 21 heavy (non-hydrogen) atoms. The second-order valence-electron chi connectivity index (χ2n) is 5.81. The van der Waals surface area contributed by atoms with Gasteiger partial charge in [-0.05, 0) is 44.4 Å². The monoisotopic (exact) mass is 313 g/mol. The van der Waals surface area contributed by atoms with E-state index < -0.39 is 32.8 Å². The van der Waals surface area contributed by atoms with Crippen molar-refractivity contribution < 1.29 is 23.4 Å². The van der Waals surface area contributed by atoms with E-state index in [1.807, 2.05) is 6.92 Å². The summed E-state index contributed by atoms with van der Waals surface area (Å²) < 4.78 is 27.7. The first-order valence-electron chi connectivity index (χ1n) is 6.75. The number of carboxylic acids is 1. The summed E-state index contributed by atoms with van der Waals surface area (Å²) in [4.78, 5) is 10.9. The van der Waals surface area contributed by atoms with Crippen LogP contribution in [0.3, 0.4) is 0 Å². The molecule has 0 aliphatic heterocycles. The van der Waals surface area contributed by atoms with Crippen LogP contribution in [0.2, 0.25) is 0 Å². The van der Waals surface area contributed by atoms with E-state index in [1.54, 1.807) is 0 Å². The first kappa shape index (κ1) is 15.8. The Morgan fingerprint density at radius 2 is 1.86 bits per heavy atom. The highest BCUT2D eigenvalue weighted by atomic mass is 32.2. The van der Waals surface area contributed by atoms with Gasteiger partial charge >= 0.3 is 5.97 Å². The zero-order chi connectivity index (χ0) is 15.8. The fraction of sp³-hybridized carbons (Fsp3) is 0.500. The van der Waals surface area contributed by atoms with Crippen molar-refractivity contribution in [1.82, 2.24) is 4.72 Å². The van der Waals surface area contributed by atoms with Crippen molar-refractivity contribution in [2.45, 2.75) is 50.0 Å². The van der Waals surface area contributed by atoms with E-state index in [1.165, 1.54) is 6.92 Å². The second-order valence-corrected chi connectivity index (χ2v) is 7.46. The Morgan fingerprint density at radius 1 is 1.29 bits per heavy atom. The van der Waals surface area contributed by atoms with E-state index >= 15 is 0 Å². The summed E-state index contributed by atoms with van der Waals surface area (Å²) in [6.45, 7) is 3.38. The lowest BCUT2D eigenvalue weighted by Crippen LogP contribution is -2.43. The minimum Gasteiger partial charge on any atom is -0.507 e. The van der Waals surface area contributed by atoms with Crippen molar-refractivity contribution in [2.75, 3.05) is 0 Å². The Morgan fingerprint density at radius 3 is 2.38 bits per heavy atom. The van der Waals surface area contributed by atoms with Crippen LogP contribution < -0.4 is 4.72 Å². The van der Waals surface area contributed by atoms with Gasteiger partial charge in [0.05, 0.1) is 4.90 Å². The Kier molecular flexibility index (Phi) is 3.99. The van der Waals surface area contributed by atoms with Gasteiger partial charge < -0.3 is 10.2 Å². The molecular formula is C14H19NO5S. The van der Waals surface area contributed by atoms with E-state index in [0.717, 1.165) is 37.8 Å². The number of aromatic hydroxyl groups is 1. The Labute approximate surface area is 123 Å². The third kappa shape index (κ3) is 3.19. The fourth-order valence-corrected chi connectivity index (χ4v) is 4.49. The van der Waals surface area contributed by atoms with E-state index in [-0.39, 0.29) is 4.90 Å². The molecule has 2 rings (SSSR count). The molecule has 0 heterocycles. The average Bonchev–Trinajstić information content (AvgIpc) is 2.73. The zero-order valence-electron chi connectivity index (χ0n) is 12.0. The topological polar surface area (TPSA) is 104 Å². The molecule has 1 aliphatic carbocycles. The number of aryl methyl sites for hydroxylation is 1. The molecule has 0 unspecified atom stereocenters. The van der Waals surface area contributed by atoms with Gasteiger partial charge in [-0.3, -0.25) is 0 Å². The molecule has 0 amide bonds. The largest absolute Gasteiger partial charge is 0.507 e. The van der Waals surface area contributed by atoms with Gasteiger partial charge in [-0.15, -0.1) is 0 Å². The van der Waals surface area contributed by atoms with E-state index in [2.05, 4.69) is 4.72 Å². The first-order valence-corrected chi connectivity index (χ1v) is 8.24. The smallest absolute Gasteiger partial charge is 0.339 e. The van der Waals surface area contributed by atoms with Crippen molar-refractivity contribution in [3.05, 3.63) is 23.3 Å². The molecule has 1 aromatic carbocycles. The molecule has 1 aliphatic rings. The summed E-state index contributed by atoms with van der Waals surface area (Å²) in [6.07, 6.45) is 3.45. The van der Waals surface area contributed by atoms with Gasteiger partial charge in [-0.1, -0.05) is 12.8 Å². The highest BCUT2D eigenvalue weighted by Gasteiger charge is 2.34. The molecule has 0 spiro atoms. The summed E-state index contributed by atoms with van der Waals surface area (Å²) in [5.41, 5.74) is -0.601. The summed E-state index contributed by atoms with van der Waals surface area (Å²) >= 11 is 0. The van der Waals surface area contributed by atoms with Crippen LogP contribution in [0, 0.1) is 6.92 Å². The maximum Gasteiger partial charge on any atom is 0.339 e. The number of sulfonamides is 1. The van der Waals surface area contributed by atoms with Crippen molar-refractivity contribution in [3.8, 4) is 5.75 Å². The van der Waals surface area contributed by atoms with Gasteiger partial charge in [-0.2, -0.15) is 0 Å². The van der Waals surface area contributed by atoms with Crippen LogP contribution in [0.15, 0.2) is 17.0 Å². The van der Waals surface area contributed by atoms with Crippen molar-refractivity contribution in [1.29, 1.82) is 0 Å². The van der Waals surface area contributed by atoms with Crippen molar-refractivity contribution in [2.24, 2.45) is 0 Å². The number of carboxylic acid groups (broad SMARTS) is 1. The van der Waals surface area contributed by atoms with Crippen LogP contribution in [-0.4, -0.2) is 30.1 Å². The number of phenols is 1. The molecule has 3 N–H and O–H groups in total. The number of carbonyl (C=O) groups is 1. The molecule has 0 atom stereocenters. The van der Waals surface area contributed by atoms with Gasteiger partial charge in [0.1, 0.15) is 11.3 Å². The predicted molar refractivity (Wildman–Crippen MR) is 77.0 cm³/mol. The standard InChI is InChI=1S/C14H19NO5S/c1-9-7-11(16)10(13(17)18)8-12(9)21(19,20)15-14(2)5-3-4-6-14/h7-8,15-16H,3-6H2,1-2H3,(H,17,18). The molecule has 6 nitrogen and oxygen atoms in total. The number of hydrogen-bond donors (Lipinski definition) is 3. The first-order chi connectivity index (χ1) is 9.65. The highest BCUT2D eigenvalue weighted by Crippen LogP contribution is 2.32. The Bertz CT molecular complexity index is 675. The number of benzene rings is 1. The number of aromatic carboxylic acids is 1. The third-order valence-electron chi connectivity index (χ3n) is 3.90. The average molecular weight is 313 g/mol. The number of nitrogens with one attached hydrogen (secondary N) is 1. The molecular weight excluding hydrogens is 294 g/mol. The minimum atomic E-state index is -3.83. The molecule has 1 aromatic rings. The van der Waals surface area contributed by atoms with Gasteiger partial charge in [0.25, 0.3) is 0 Å². The van der Waals surface area contributed by atoms with Crippen molar-refractivity contribution >= 4 is 16.0 Å². The molecule has 116 valence electrons. The molecule has 1 fully saturated rings. The summed E-state index contributed by atoms with van der Waals surface area (Å²) in [6, 6.07) is 2.17. The fourth-order valence-electron chi connectivity index (χ4n) is 2.77. The van der Waals surface area contributed by atoms with Crippen LogP contribution in [-0.2, 0) is 10.0 Å². The molecule has 1 saturated carbocycles. The molecule has 7 heteroatoms. The highest BCUT2D eigenvalue weighted by molar-refractivity contribution is 7.89. The lowest BCUT2D eigenvalue weighted by molar-refractivity contribution is 0.0693. The van der Waals surface area contributed by atoms with E-state index in [4.69, 9.17) is 5.11 Å². The Hall–Kier alpha value is -1.60. The normalized spacial score (nSPS) is 17.8. The maximum absolute atomic E-state index is 12.5. The lowest BCUT2D eigenvalue weighted by Gasteiger charge is -2.25. The van der Waals surface area contributed by atoms with Crippen LogP contribution in [0.25, 0.3) is 0 Å². The summed E-state index contributed by atoms with van der Waals surface area (Å²) in [7, 11) is -3.83. The second kappa shape index (κ2) is 5.31. The minimum absolute atomic E-state index is 0.106. The Balaban J connectivity index is 2.44. The maximum atomic E-state index is 12.5. The van der Waals surface area contributed by atoms with E-state index in [0.29, 0.717) is 5.56 Å². The molecule has 0 aromatic heterocycles. The summed E-state index contributed by atoms with van der Waals surface area (Å²) in [5.74, 6) is -1.80. The third-order valence-corrected chi connectivity index (χ3v) is 5.68. The van der Waals surface area contributed by atoms with Gasteiger partial charge in [0, 0.05) is 5.54 Å². The van der Waals surface area contributed by atoms with Gasteiger partial charge in [0.2, 0.25) is 10.0 Å². The van der Waals surface area contributed by atoms with Crippen molar-refractivity contribution in [3.63, 3.8) is 0 Å². The van der Waals surface area contributed by atoms with Gasteiger partial charge in [0.15, 0.2) is 0 Å². The molecule has 0 bridgehead atoms. The zero-order valence-corrected chi connectivity index (χ0v) is 12.8. The predicted octanol–water partition coefficient (Wildman–Crippen LogP) is 2.01. The number of hydrogen-bond acceptors (Lipinski definition) is 4. The van der Waals surface area contributed by atoms with E-state index in [9.17, 15) is 18.3 Å². The SMILES string of the molecule is Cc1cc(O)c(C(=O)O)cc1S(=O)(=O)NC1(C)CCCC1. The molecule has 0 radical (unpaired) electrons. The summed E-state index contributed by atoms with van der Waals surface area (Å²) in [5, 5.41) is 18.6. The van der Waals surface area contributed by atoms with Crippen LogP contribution >= 0.6 is 0 Å². The van der Waals surface area contributed by atoms with Crippen LogP contribution in [0.1, 0.15) is 48.5 Å². The lowest BCUT2D eigenvalue weighted by atomic mass is 10.0. The molecule has 0 saturated heterocycles. The van der Waals surface area contributed by atoms with Gasteiger partial charge in [-0.25, -0.2) is 17.9 Å². The number of rotatable bonds is 4. The van der Waals surface area contributed by atoms with Crippen LogP contribution in [0.5, 0.6) is 5.75 Å². The van der Waals surface area contributed by atoms with Crippen LogP contribution in [0.4, 0.5) is 0 Å². The quantitative estimate of drug-likeness (QED) is 0.789.